The number of rotatable bonds is 6. The number of carbonyl (C=O) groups excluding carboxylic acids is 1. The van der Waals surface area contributed by atoms with E-state index in [1.54, 1.807) is 0 Å². The van der Waals surface area contributed by atoms with Crippen molar-refractivity contribution in [3.8, 4) is 5.75 Å². The summed E-state index contributed by atoms with van der Waals surface area (Å²) < 4.78 is 5.41. The molecule has 5 rings (SSSR count). The molecule has 1 unspecified atom stereocenters. The summed E-state index contributed by atoms with van der Waals surface area (Å²) in [6, 6.07) is 26.9. The number of benzene rings is 3. The van der Waals surface area contributed by atoms with Gasteiger partial charge < -0.3 is 4.74 Å². The standard InChI is InChI=1S/C28H27N3O2/c1-20(32)33-27-14-8-13-24-17-21(15-16-25(24)27)19-31-29-18-26(30-31)28(22-9-4-2-5-10-22)23-11-6-3-7-12-23/h2-14,18,21,28H,15-17,19H2,1H3. The minimum atomic E-state index is -0.273. The van der Waals surface area contributed by atoms with Gasteiger partial charge in [-0.15, -0.1) is 0 Å². The maximum atomic E-state index is 11.4. The van der Waals surface area contributed by atoms with Gasteiger partial charge in [-0.05, 0) is 53.5 Å². The van der Waals surface area contributed by atoms with Gasteiger partial charge in [0.2, 0.25) is 0 Å². The second-order valence-electron chi connectivity index (χ2n) is 8.67. The average Bonchev–Trinajstić information content (AvgIpc) is 3.28. The molecule has 1 heterocycles. The van der Waals surface area contributed by atoms with E-state index in [0.29, 0.717) is 11.7 Å². The molecule has 33 heavy (non-hydrogen) atoms. The number of esters is 1. The van der Waals surface area contributed by atoms with E-state index in [4.69, 9.17) is 9.84 Å². The van der Waals surface area contributed by atoms with Crippen LogP contribution < -0.4 is 4.74 Å². The number of nitrogens with zero attached hydrogens (tertiary/aromatic N) is 3. The van der Waals surface area contributed by atoms with Crippen molar-refractivity contribution in [2.24, 2.45) is 5.92 Å². The van der Waals surface area contributed by atoms with E-state index in [1.165, 1.54) is 23.6 Å². The number of fused-ring (bicyclic) bond motifs is 1. The van der Waals surface area contributed by atoms with Crippen LogP contribution >= 0.6 is 0 Å². The van der Waals surface area contributed by atoms with Gasteiger partial charge in [-0.3, -0.25) is 4.79 Å². The molecule has 3 aromatic carbocycles. The SMILES string of the molecule is CC(=O)Oc1cccc2c1CCC(Cn1ncc(C(c3ccccc3)c3ccccc3)n1)C2. The zero-order valence-electron chi connectivity index (χ0n) is 18.7. The van der Waals surface area contributed by atoms with Gasteiger partial charge in [0.1, 0.15) is 5.75 Å². The van der Waals surface area contributed by atoms with Crippen molar-refractivity contribution in [3.05, 3.63) is 113 Å². The Hall–Kier alpha value is -3.73. The van der Waals surface area contributed by atoms with Gasteiger partial charge in [0.05, 0.1) is 24.4 Å². The molecule has 1 aromatic heterocycles. The molecule has 1 aliphatic rings. The number of hydrogen-bond acceptors (Lipinski definition) is 4. The number of carbonyl (C=O) groups is 1. The van der Waals surface area contributed by atoms with Gasteiger partial charge in [-0.25, -0.2) is 0 Å². The minimum Gasteiger partial charge on any atom is -0.426 e. The fourth-order valence-corrected chi connectivity index (χ4v) is 4.84. The van der Waals surface area contributed by atoms with E-state index in [0.717, 1.165) is 37.1 Å². The lowest BCUT2D eigenvalue weighted by molar-refractivity contribution is -0.131. The molecular weight excluding hydrogens is 410 g/mol. The summed E-state index contributed by atoms with van der Waals surface area (Å²) in [5.41, 5.74) is 5.79. The second-order valence-corrected chi connectivity index (χ2v) is 8.67. The highest BCUT2D eigenvalue weighted by atomic mass is 16.5. The largest absolute Gasteiger partial charge is 0.426 e. The molecule has 0 amide bonds. The molecule has 1 atom stereocenters. The first-order valence-electron chi connectivity index (χ1n) is 11.5. The Bertz CT molecular complexity index is 1200. The average molecular weight is 438 g/mol. The Morgan fingerprint density at radius 3 is 2.36 bits per heavy atom. The quantitative estimate of drug-likeness (QED) is 0.308. The third-order valence-corrected chi connectivity index (χ3v) is 6.33. The third-order valence-electron chi connectivity index (χ3n) is 6.33. The van der Waals surface area contributed by atoms with E-state index in [-0.39, 0.29) is 11.9 Å². The smallest absolute Gasteiger partial charge is 0.308 e. The van der Waals surface area contributed by atoms with Crippen molar-refractivity contribution < 1.29 is 9.53 Å². The molecule has 0 saturated heterocycles. The van der Waals surface area contributed by atoms with Gasteiger partial charge in [0, 0.05) is 6.92 Å². The summed E-state index contributed by atoms with van der Waals surface area (Å²) >= 11 is 0. The normalized spacial score (nSPS) is 15.3. The Kier molecular flexibility index (Phi) is 6.03. The number of aromatic nitrogens is 3. The fourth-order valence-electron chi connectivity index (χ4n) is 4.84. The Labute approximate surface area is 194 Å². The molecule has 5 heteroatoms. The summed E-state index contributed by atoms with van der Waals surface area (Å²) in [7, 11) is 0. The van der Waals surface area contributed by atoms with Crippen molar-refractivity contribution in [1.82, 2.24) is 15.0 Å². The van der Waals surface area contributed by atoms with Crippen molar-refractivity contribution in [1.29, 1.82) is 0 Å². The van der Waals surface area contributed by atoms with Gasteiger partial charge >= 0.3 is 5.97 Å². The van der Waals surface area contributed by atoms with Crippen LogP contribution in [0, 0.1) is 5.92 Å². The zero-order valence-corrected chi connectivity index (χ0v) is 18.7. The molecule has 0 aliphatic heterocycles. The van der Waals surface area contributed by atoms with Crippen LogP contribution in [0.25, 0.3) is 0 Å². The first-order chi connectivity index (χ1) is 16.2. The van der Waals surface area contributed by atoms with Crippen LogP contribution in [0.15, 0.2) is 85.1 Å². The van der Waals surface area contributed by atoms with Crippen molar-refractivity contribution in [2.45, 2.75) is 38.6 Å². The highest BCUT2D eigenvalue weighted by molar-refractivity contribution is 5.70. The van der Waals surface area contributed by atoms with Gasteiger partial charge in [0.15, 0.2) is 0 Å². The molecule has 4 aromatic rings. The lowest BCUT2D eigenvalue weighted by Crippen LogP contribution is -2.21. The van der Waals surface area contributed by atoms with E-state index >= 15 is 0 Å². The second kappa shape index (κ2) is 9.41. The summed E-state index contributed by atoms with van der Waals surface area (Å²) in [5.74, 6) is 0.924. The molecular formula is C28H27N3O2. The van der Waals surface area contributed by atoms with Crippen LogP contribution in [0.5, 0.6) is 5.75 Å². The summed E-state index contributed by atoms with van der Waals surface area (Å²) in [5, 5.41) is 9.54. The molecule has 0 bridgehead atoms. The maximum absolute atomic E-state index is 11.4. The monoisotopic (exact) mass is 437 g/mol. The predicted molar refractivity (Wildman–Crippen MR) is 127 cm³/mol. The van der Waals surface area contributed by atoms with Crippen LogP contribution in [0.4, 0.5) is 0 Å². The Morgan fingerprint density at radius 2 is 1.70 bits per heavy atom. The van der Waals surface area contributed by atoms with Crippen molar-refractivity contribution in [3.63, 3.8) is 0 Å². The van der Waals surface area contributed by atoms with E-state index in [2.05, 4.69) is 59.7 Å². The molecule has 0 radical (unpaired) electrons. The number of ether oxygens (including phenoxy) is 1. The minimum absolute atomic E-state index is 0.0551. The highest BCUT2D eigenvalue weighted by Gasteiger charge is 2.24. The maximum Gasteiger partial charge on any atom is 0.308 e. The topological polar surface area (TPSA) is 57.0 Å². The van der Waals surface area contributed by atoms with Crippen LogP contribution in [0.1, 0.15) is 47.2 Å². The summed E-state index contributed by atoms with van der Waals surface area (Å²) in [6.07, 6.45) is 4.75. The first kappa shape index (κ1) is 21.1. The summed E-state index contributed by atoms with van der Waals surface area (Å²) in [6.45, 7) is 2.22. The van der Waals surface area contributed by atoms with Crippen LogP contribution in [-0.2, 0) is 24.2 Å². The third kappa shape index (κ3) is 4.72. The summed E-state index contributed by atoms with van der Waals surface area (Å²) in [4.78, 5) is 13.3. The fraction of sp³-hybridized carbons (Fsp3) is 0.250. The lowest BCUT2D eigenvalue weighted by Gasteiger charge is -2.25. The molecule has 0 spiro atoms. The van der Waals surface area contributed by atoms with E-state index in [1.807, 2.05) is 35.3 Å². The van der Waals surface area contributed by atoms with Crippen LogP contribution in [0.2, 0.25) is 0 Å². The van der Waals surface area contributed by atoms with Crippen LogP contribution in [0.3, 0.4) is 0 Å². The zero-order chi connectivity index (χ0) is 22.6. The lowest BCUT2D eigenvalue weighted by atomic mass is 9.83. The van der Waals surface area contributed by atoms with Gasteiger partial charge in [0.25, 0.3) is 0 Å². The predicted octanol–water partition coefficient (Wildman–Crippen LogP) is 5.19. The molecule has 1 aliphatic carbocycles. The highest BCUT2D eigenvalue weighted by Crippen LogP contribution is 2.34. The Balaban J connectivity index is 1.35. The van der Waals surface area contributed by atoms with Gasteiger partial charge in [-0.2, -0.15) is 15.0 Å². The first-order valence-corrected chi connectivity index (χ1v) is 11.5. The Morgan fingerprint density at radius 1 is 1.00 bits per heavy atom. The molecule has 166 valence electrons. The van der Waals surface area contributed by atoms with Crippen molar-refractivity contribution >= 4 is 5.97 Å². The van der Waals surface area contributed by atoms with E-state index in [9.17, 15) is 4.79 Å². The molecule has 5 nitrogen and oxygen atoms in total. The van der Waals surface area contributed by atoms with Crippen molar-refractivity contribution in [2.75, 3.05) is 0 Å². The molecule has 0 saturated carbocycles. The van der Waals surface area contributed by atoms with Gasteiger partial charge in [-0.1, -0.05) is 72.8 Å². The van der Waals surface area contributed by atoms with E-state index < -0.39 is 0 Å². The van der Waals surface area contributed by atoms with Crippen LogP contribution in [-0.4, -0.2) is 21.0 Å². The molecule has 0 fully saturated rings. The molecule has 0 N–H and O–H groups in total. The number of hydrogen-bond donors (Lipinski definition) is 0.